The molecule has 3 aliphatic rings. The summed E-state index contributed by atoms with van der Waals surface area (Å²) < 4.78 is 0. The molecule has 2 amide bonds. The zero-order chi connectivity index (χ0) is 17.8. The Morgan fingerprint density at radius 3 is 1.67 bits per heavy atom. The van der Waals surface area contributed by atoms with E-state index in [-0.39, 0.29) is 23.7 Å². The van der Waals surface area contributed by atoms with Crippen LogP contribution in [0.15, 0.2) is 0 Å². The number of amides is 2. The molecule has 24 heavy (non-hydrogen) atoms. The summed E-state index contributed by atoms with van der Waals surface area (Å²) in [5.41, 5.74) is 10.1. The van der Waals surface area contributed by atoms with Gasteiger partial charge in [-0.3, -0.25) is 9.59 Å². The summed E-state index contributed by atoms with van der Waals surface area (Å²) in [5, 5.41) is 9.44. The first-order chi connectivity index (χ1) is 11.5. The van der Waals surface area contributed by atoms with Gasteiger partial charge in [0.05, 0.1) is 11.8 Å². The Labute approximate surface area is 145 Å². The molecular weight excluding hydrogens is 308 g/mol. The number of nitrogens with one attached hydrogen (secondary N) is 3. The normalized spacial score (nSPS) is 27.2. The summed E-state index contributed by atoms with van der Waals surface area (Å²) in [6.07, 6.45) is 2.95. The molecule has 0 aromatic heterocycles. The summed E-state index contributed by atoms with van der Waals surface area (Å²) in [6.45, 7) is 8.26. The Kier molecular flexibility index (Phi) is 10.6. The van der Waals surface area contributed by atoms with Crippen LogP contribution in [0.3, 0.4) is 0 Å². The van der Waals surface area contributed by atoms with Crippen LogP contribution in [-0.2, 0) is 9.59 Å². The highest BCUT2D eigenvalue weighted by atomic mass is 16.1. The third-order valence-corrected chi connectivity index (χ3v) is 4.50. The van der Waals surface area contributed by atoms with Gasteiger partial charge in [0, 0.05) is 39.3 Å². The minimum atomic E-state index is -0.171. The van der Waals surface area contributed by atoms with Gasteiger partial charge in [-0.05, 0) is 39.4 Å². The Bertz CT molecular complexity index is 362. The SMILES string of the molecule is CN1CCNCC1.NC(=O)C1CCCNC1.NC(=O)C1CCNC1. The van der Waals surface area contributed by atoms with Crippen molar-refractivity contribution < 1.29 is 9.59 Å². The first-order valence-corrected chi connectivity index (χ1v) is 8.90. The lowest BCUT2D eigenvalue weighted by Crippen LogP contribution is -2.40. The van der Waals surface area contributed by atoms with Crippen molar-refractivity contribution in [3.63, 3.8) is 0 Å². The van der Waals surface area contributed by atoms with Crippen molar-refractivity contribution in [1.82, 2.24) is 20.9 Å². The summed E-state index contributed by atoms with van der Waals surface area (Å²) in [4.78, 5) is 23.3. The molecule has 3 heterocycles. The third-order valence-electron chi connectivity index (χ3n) is 4.50. The van der Waals surface area contributed by atoms with Crippen LogP contribution in [0.5, 0.6) is 0 Å². The Morgan fingerprint density at radius 2 is 1.38 bits per heavy atom. The molecule has 0 spiro atoms. The van der Waals surface area contributed by atoms with E-state index in [1.165, 1.54) is 13.1 Å². The molecule has 8 nitrogen and oxygen atoms in total. The molecule has 7 N–H and O–H groups in total. The smallest absolute Gasteiger partial charge is 0.221 e. The molecule has 3 rings (SSSR count). The van der Waals surface area contributed by atoms with E-state index in [0.29, 0.717) is 0 Å². The minimum Gasteiger partial charge on any atom is -0.369 e. The molecule has 0 bridgehead atoms. The van der Waals surface area contributed by atoms with Crippen molar-refractivity contribution in [2.75, 3.05) is 59.4 Å². The molecule has 2 unspecified atom stereocenters. The molecular formula is C16H34N6O2. The van der Waals surface area contributed by atoms with Gasteiger partial charge in [0.15, 0.2) is 0 Å². The van der Waals surface area contributed by atoms with Gasteiger partial charge >= 0.3 is 0 Å². The Hall–Kier alpha value is -1.22. The number of rotatable bonds is 2. The maximum atomic E-state index is 10.5. The van der Waals surface area contributed by atoms with Crippen LogP contribution < -0.4 is 27.4 Å². The standard InChI is InChI=1S/C6H12N2O.C5H10N2O.C5H12N2/c7-6(9)5-2-1-3-8-4-5;6-5(8)4-1-2-7-3-4;1-7-4-2-6-3-5-7/h5,8H,1-4H2,(H2,7,9);4,7H,1-3H2,(H2,6,8);6H,2-5H2,1H3. The second-order valence-corrected chi connectivity index (χ2v) is 6.59. The number of hydrogen-bond donors (Lipinski definition) is 5. The van der Waals surface area contributed by atoms with E-state index in [1.54, 1.807) is 0 Å². The maximum Gasteiger partial charge on any atom is 0.221 e. The lowest BCUT2D eigenvalue weighted by Gasteiger charge is -2.21. The fourth-order valence-corrected chi connectivity index (χ4v) is 2.77. The van der Waals surface area contributed by atoms with Crippen LogP contribution in [-0.4, -0.2) is 76.1 Å². The van der Waals surface area contributed by atoms with Gasteiger partial charge in [0.1, 0.15) is 0 Å². The number of nitrogens with two attached hydrogens (primary N) is 2. The molecule has 3 fully saturated rings. The predicted molar refractivity (Wildman–Crippen MR) is 95.3 cm³/mol. The van der Waals surface area contributed by atoms with E-state index < -0.39 is 0 Å². The number of primary amides is 2. The van der Waals surface area contributed by atoms with Gasteiger partial charge in [0.2, 0.25) is 11.8 Å². The van der Waals surface area contributed by atoms with Crippen LogP contribution in [0, 0.1) is 11.8 Å². The Morgan fingerprint density at radius 1 is 0.833 bits per heavy atom. The van der Waals surface area contributed by atoms with Crippen molar-refractivity contribution in [3.8, 4) is 0 Å². The molecule has 140 valence electrons. The molecule has 0 aromatic carbocycles. The highest BCUT2D eigenvalue weighted by molar-refractivity contribution is 5.77. The molecule has 0 aromatic rings. The highest BCUT2D eigenvalue weighted by Crippen LogP contribution is 2.07. The van der Waals surface area contributed by atoms with Crippen LogP contribution in [0.1, 0.15) is 19.3 Å². The topological polar surface area (TPSA) is 126 Å². The summed E-state index contributed by atoms with van der Waals surface area (Å²) in [6, 6.07) is 0. The van der Waals surface area contributed by atoms with E-state index in [2.05, 4.69) is 27.9 Å². The fourth-order valence-electron chi connectivity index (χ4n) is 2.77. The van der Waals surface area contributed by atoms with E-state index >= 15 is 0 Å². The van der Waals surface area contributed by atoms with Crippen molar-refractivity contribution in [2.45, 2.75) is 19.3 Å². The van der Waals surface area contributed by atoms with Gasteiger partial charge < -0.3 is 32.3 Å². The maximum absolute atomic E-state index is 10.5. The van der Waals surface area contributed by atoms with Gasteiger partial charge in [-0.25, -0.2) is 0 Å². The lowest BCUT2D eigenvalue weighted by molar-refractivity contribution is -0.122. The largest absolute Gasteiger partial charge is 0.369 e. The molecule has 0 aliphatic carbocycles. The van der Waals surface area contributed by atoms with E-state index in [4.69, 9.17) is 11.5 Å². The van der Waals surface area contributed by atoms with Crippen LogP contribution in [0.25, 0.3) is 0 Å². The van der Waals surface area contributed by atoms with Crippen molar-refractivity contribution in [3.05, 3.63) is 0 Å². The van der Waals surface area contributed by atoms with Gasteiger partial charge in [-0.2, -0.15) is 0 Å². The molecule has 3 saturated heterocycles. The molecule has 8 heteroatoms. The van der Waals surface area contributed by atoms with Gasteiger partial charge in [0.25, 0.3) is 0 Å². The van der Waals surface area contributed by atoms with Crippen molar-refractivity contribution >= 4 is 11.8 Å². The number of piperazine rings is 1. The minimum absolute atomic E-state index is 0.0822. The number of carbonyl (C=O) groups excluding carboxylic acids is 2. The second kappa shape index (κ2) is 12.2. The van der Waals surface area contributed by atoms with Crippen molar-refractivity contribution in [2.24, 2.45) is 23.3 Å². The van der Waals surface area contributed by atoms with Gasteiger partial charge in [-0.1, -0.05) is 0 Å². The number of piperidine rings is 1. The molecule has 3 aliphatic heterocycles. The second-order valence-electron chi connectivity index (χ2n) is 6.59. The quantitative estimate of drug-likeness (QED) is 0.398. The van der Waals surface area contributed by atoms with Crippen molar-refractivity contribution in [1.29, 1.82) is 0 Å². The van der Waals surface area contributed by atoms with E-state index in [1.807, 2.05) is 0 Å². The van der Waals surface area contributed by atoms with E-state index in [9.17, 15) is 9.59 Å². The average Bonchev–Trinajstić information content (AvgIpc) is 3.12. The van der Waals surface area contributed by atoms with Crippen LogP contribution in [0.2, 0.25) is 0 Å². The first-order valence-electron chi connectivity index (χ1n) is 8.90. The third kappa shape index (κ3) is 9.17. The van der Waals surface area contributed by atoms with E-state index in [0.717, 1.165) is 58.5 Å². The zero-order valence-electron chi connectivity index (χ0n) is 14.9. The number of nitrogens with zero attached hydrogens (tertiary/aromatic N) is 1. The average molecular weight is 342 g/mol. The van der Waals surface area contributed by atoms with Crippen LogP contribution >= 0.6 is 0 Å². The monoisotopic (exact) mass is 342 g/mol. The summed E-state index contributed by atoms with van der Waals surface area (Å²) in [5.74, 6) is -0.161. The molecule has 0 saturated carbocycles. The molecule has 2 atom stereocenters. The number of carbonyl (C=O) groups is 2. The summed E-state index contributed by atoms with van der Waals surface area (Å²) in [7, 11) is 2.15. The van der Waals surface area contributed by atoms with Crippen LogP contribution in [0.4, 0.5) is 0 Å². The van der Waals surface area contributed by atoms with Gasteiger partial charge in [-0.15, -0.1) is 0 Å². The molecule has 0 radical (unpaired) electrons. The first kappa shape index (κ1) is 20.8. The highest BCUT2D eigenvalue weighted by Gasteiger charge is 2.19. The number of likely N-dealkylation sites (N-methyl/N-ethyl adjacent to an activating group) is 1. The number of hydrogen-bond acceptors (Lipinski definition) is 6. The fraction of sp³-hybridized carbons (Fsp3) is 0.875. The Balaban J connectivity index is 0.000000181. The predicted octanol–water partition coefficient (Wildman–Crippen LogP) is -1.93. The lowest BCUT2D eigenvalue weighted by atomic mass is 9.99. The zero-order valence-corrected chi connectivity index (χ0v) is 14.9. The summed E-state index contributed by atoms with van der Waals surface area (Å²) >= 11 is 0.